The molecule has 3 unspecified atom stereocenters. The van der Waals surface area contributed by atoms with Gasteiger partial charge in [-0.2, -0.15) is 11.8 Å². The molecule has 96 valence electrons. The fraction of sp³-hybridized carbons (Fsp3) is 0.583. The number of pyridine rings is 1. The average Bonchev–Trinajstić information content (AvgIpc) is 2.30. The Kier molecular flexibility index (Phi) is 6.27. The number of nitrogens with zero attached hydrogens (tertiary/aromatic N) is 1. The Morgan fingerprint density at radius 3 is 2.76 bits per heavy atom. The molecule has 0 aromatic carbocycles. The fourth-order valence-electron chi connectivity index (χ4n) is 1.72. The lowest BCUT2D eigenvalue weighted by Gasteiger charge is -2.25. The zero-order valence-corrected chi connectivity index (χ0v) is 11.9. The molecule has 1 aromatic heterocycles. The van der Waals surface area contributed by atoms with Crippen LogP contribution < -0.4 is 5.32 Å². The van der Waals surface area contributed by atoms with Gasteiger partial charge in [0.2, 0.25) is 0 Å². The lowest BCUT2D eigenvalue weighted by Crippen LogP contribution is -2.38. The molecule has 0 aliphatic rings. The van der Waals surface area contributed by atoms with Gasteiger partial charge in [-0.05, 0) is 37.8 Å². The molecule has 3 atom stereocenters. The van der Waals surface area contributed by atoms with Crippen LogP contribution >= 0.6 is 23.4 Å². The van der Waals surface area contributed by atoms with Gasteiger partial charge in [-0.15, -0.1) is 0 Å². The summed E-state index contributed by atoms with van der Waals surface area (Å²) in [6.07, 6.45) is 3.71. The summed E-state index contributed by atoms with van der Waals surface area (Å²) < 4.78 is 0. The van der Waals surface area contributed by atoms with E-state index in [0.29, 0.717) is 5.15 Å². The predicted octanol–water partition coefficient (Wildman–Crippen LogP) is 2.50. The molecule has 1 rings (SSSR count). The monoisotopic (exact) mass is 274 g/mol. The highest BCUT2D eigenvalue weighted by Gasteiger charge is 2.17. The van der Waals surface area contributed by atoms with Gasteiger partial charge in [-0.1, -0.05) is 11.6 Å². The molecule has 0 fully saturated rings. The Balaban J connectivity index is 2.62. The van der Waals surface area contributed by atoms with Crippen molar-refractivity contribution in [3.05, 3.63) is 29.0 Å². The van der Waals surface area contributed by atoms with Crippen molar-refractivity contribution in [2.45, 2.75) is 31.2 Å². The minimum absolute atomic E-state index is 0.180. The Labute approximate surface area is 112 Å². The van der Waals surface area contributed by atoms with Crippen LogP contribution in [0.2, 0.25) is 5.15 Å². The highest BCUT2D eigenvalue weighted by atomic mass is 35.5. The van der Waals surface area contributed by atoms with E-state index in [1.165, 1.54) is 0 Å². The van der Waals surface area contributed by atoms with Crippen LogP contribution in [0.25, 0.3) is 0 Å². The van der Waals surface area contributed by atoms with Crippen molar-refractivity contribution in [3.8, 4) is 0 Å². The standard InChI is InChI=1S/C12H19ClN2OS/c1-8(10-4-5-14-12(13)6-10)15-9(2)11(7-16)17-3/h4-6,8-9,11,15-16H,7H2,1-3H3. The predicted molar refractivity (Wildman–Crippen MR) is 74.6 cm³/mol. The largest absolute Gasteiger partial charge is 0.395 e. The number of aromatic nitrogens is 1. The molecule has 17 heavy (non-hydrogen) atoms. The second-order valence-corrected chi connectivity index (χ2v) is 5.51. The molecule has 0 radical (unpaired) electrons. The molecular weight excluding hydrogens is 256 g/mol. The Morgan fingerprint density at radius 2 is 2.24 bits per heavy atom. The SMILES string of the molecule is CSC(CO)C(C)NC(C)c1ccnc(Cl)c1. The smallest absolute Gasteiger partial charge is 0.129 e. The summed E-state index contributed by atoms with van der Waals surface area (Å²) in [7, 11) is 0. The summed E-state index contributed by atoms with van der Waals surface area (Å²) >= 11 is 7.53. The zero-order valence-electron chi connectivity index (χ0n) is 10.4. The van der Waals surface area contributed by atoms with E-state index in [1.54, 1.807) is 18.0 Å². The van der Waals surface area contributed by atoms with Crippen LogP contribution in [0, 0.1) is 0 Å². The molecule has 1 aromatic rings. The Hall–Kier alpha value is -0.290. The van der Waals surface area contributed by atoms with Crippen molar-refractivity contribution in [1.82, 2.24) is 10.3 Å². The van der Waals surface area contributed by atoms with Crippen molar-refractivity contribution >= 4 is 23.4 Å². The first-order chi connectivity index (χ1) is 8.08. The van der Waals surface area contributed by atoms with Gasteiger partial charge < -0.3 is 10.4 Å². The molecule has 5 heteroatoms. The summed E-state index contributed by atoms with van der Waals surface area (Å²) in [6.45, 7) is 4.34. The number of nitrogens with one attached hydrogen (secondary N) is 1. The van der Waals surface area contributed by atoms with Gasteiger partial charge in [0.05, 0.1) is 6.61 Å². The molecule has 0 bridgehead atoms. The van der Waals surface area contributed by atoms with Crippen LogP contribution in [-0.4, -0.2) is 34.2 Å². The quantitative estimate of drug-likeness (QED) is 0.783. The van der Waals surface area contributed by atoms with Crippen LogP contribution in [0.3, 0.4) is 0 Å². The molecular formula is C12H19ClN2OS. The molecule has 3 nitrogen and oxygen atoms in total. The number of hydrogen-bond acceptors (Lipinski definition) is 4. The van der Waals surface area contributed by atoms with Crippen LogP contribution in [0.4, 0.5) is 0 Å². The first kappa shape index (κ1) is 14.8. The normalized spacial score (nSPS) is 16.5. The van der Waals surface area contributed by atoms with Gasteiger partial charge in [0.25, 0.3) is 0 Å². The Morgan fingerprint density at radius 1 is 1.53 bits per heavy atom. The molecule has 0 aliphatic carbocycles. The lowest BCUT2D eigenvalue weighted by molar-refractivity contribution is 0.272. The van der Waals surface area contributed by atoms with Crippen LogP contribution in [0.5, 0.6) is 0 Å². The lowest BCUT2D eigenvalue weighted by atomic mass is 10.1. The van der Waals surface area contributed by atoms with E-state index in [4.69, 9.17) is 11.6 Å². The molecule has 0 amide bonds. The fourth-order valence-corrected chi connectivity index (χ4v) is 2.54. The minimum atomic E-state index is 0.180. The molecule has 0 saturated carbocycles. The van der Waals surface area contributed by atoms with Crippen LogP contribution in [-0.2, 0) is 0 Å². The summed E-state index contributed by atoms with van der Waals surface area (Å²) in [5.41, 5.74) is 1.11. The first-order valence-corrected chi connectivity index (χ1v) is 7.26. The van der Waals surface area contributed by atoms with Crippen molar-refractivity contribution in [3.63, 3.8) is 0 Å². The van der Waals surface area contributed by atoms with Gasteiger partial charge in [0, 0.05) is 23.5 Å². The summed E-state index contributed by atoms with van der Waals surface area (Å²) in [4.78, 5) is 3.96. The van der Waals surface area contributed by atoms with Crippen molar-refractivity contribution in [2.24, 2.45) is 0 Å². The highest BCUT2D eigenvalue weighted by Crippen LogP contribution is 2.18. The third-order valence-corrected chi connectivity index (χ3v) is 4.17. The number of halogens is 1. The highest BCUT2D eigenvalue weighted by molar-refractivity contribution is 7.99. The molecule has 0 spiro atoms. The summed E-state index contributed by atoms with van der Waals surface area (Å²) in [5, 5.41) is 13.4. The zero-order chi connectivity index (χ0) is 12.8. The number of rotatable bonds is 6. The molecule has 0 saturated heterocycles. The van der Waals surface area contributed by atoms with E-state index in [2.05, 4.69) is 24.1 Å². The minimum Gasteiger partial charge on any atom is -0.395 e. The molecule has 0 aliphatic heterocycles. The van der Waals surface area contributed by atoms with Crippen molar-refractivity contribution in [1.29, 1.82) is 0 Å². The third-order valence-electron chi connectivity index (χ3n) is 2.80. The topological polar surface area (TPSA) is 45.1 Å². The maximum atomic E-state index is 9.23. The number of thioether (sulfide) groups is 1. The Bertz CT molecular complexity index is 347. The maximum absolute atomic E-state index is 9.23. The maximum Gasteiger partial charge on any atom is 0.129 e. The number of hydrogen-bond donors (Lipinski definition) is 2. The second kappa shape index (κ2) is 7.21. The van der Waals surface area contributed by atoms with Gasteiger partial charge >= 0.3 is 0 Å². The van der Waals surface area contributed by atoms with E-state index in [0.717, 1.165) is 5.56 Å². The van der Waals surface area contributed by atoms with E-state index in [-0.39, 0.29) is 23.9 Å². The third kappa shape index (κ3) is 4.47. The number of aliphatic hydroxyl groups excluding tert-OH is 1. The van der Waals surface area contributed by atoms with Crippen LogP contribution in [0.15, 0.2) is 18.3 Å². The van der Waals surface area contributed by atoms with Crippen molar-refractivity contribution < 1.29 is 5.11 Å². The average molecular weight is 275 g/mol. The van der Waals surface area contributed by atoms with Gasteiger partial charge in [0.15, 0.2) is 0 Å². The number of aliphatic hydroxyl groups is 1. The first-order valence-electron chi connectivity index (χ1n) is 5.59. The van der Waals surface area contributed by atoms with E-state index >= 15 is 0 Å². The van der Waals surface area contributed by atoms with Gasteiger partial charge in [-0.25, -0.2) is 4.98 Å². The van der Waals surface area contributed by atoms with Gasteiger partial charge in [0.1, 0.15) is 5.15 Å². The van der Waals surface area contributed by atoms with E-state index < -0.39 is 0 Å². The second-order valence-electron chi connectivity index (χ2n) is 4.05. The van der Waals surface area contributed by atoms with E-state index in [9.17, 15) is 5.11 Å². The van der Waals surface area contributed by atoms with E-state index in [1.807, 2.05) is 18.4 Å². The molecule has 1 heterocycles. The van der Waals surface area contributed by atoms with Crippen molar-refractivity contribution in [2.75, 3.05) is 12.9 Å². The molecule has 2 N–H and O–H groups in total. The van der Waals surface area contributed by atoms with Gasteiger partial charge in [-0.3, -0.25) is 0 Å². The van der Waals surface area contributed by atoms with Crippen LogP contribution in [0.1, 0.15) is 25.5 Å². The summed E-state index contributed by atoms with van der Waals surface area (Å²) in [6, 6.07) is 4.23. The summed E-state index contributed by atoms with van der Waals surface area (Å²) in [5.74, 6) is 0.